The summed E-state index contributed by atoms with van der Waals surface area (Å²) in [6.07, 6.45) is 2.64. The van der Waals surface area contributed by atoms with E-state index in [0.29, 0.717) is 18.1 Å². The van der Waals surface area contributed by atoms with Crippen molar-refractivity contribution in [2.75, 3.05) is 13.1 Å². The normalized spacial score (nSPS) is 29.8. The van der Waals surface area contributed by atoms with E-state index in [0.717, 1.165) is 5.92 Å². The van der Waals surface area contributed by atoms with Gasteiger partial charge >= 0.3 is 0 Å². The van der Waals surface area contributed by atoms with E-state index in [1.54, 1.807) is 0 Å². The van der Waals surface area contributed by atoms with E-state index in [1.807, 2.05) is 0 Å². The first-order chi connectivity index (χ1) is 7.00. The molecule has 0 aromatic rings. The van der Waals surface area contributed by atoms with E-state index < -0.39 is 0 Å². The van der Waals surface area contributed by atoms with Gasteiger partial charge in [-0.25, -0.2) is 0 Å². The summed E-state index contributed by atoms with van der Waals surface area (Å²) in [6, 6.07) is 2.03. The largest absolute Gasteiger partial charge is 0.311 e. The third kappa shape index (κ3) is 4.12. The summed E-state index contributed by atoms with van der Waals surface area (Å²) < 4.78 is 0. The molecule has 0 radical (unpaired) electrons. The summed E-state index contributed by atoms with van der Waals surface area (Å²) in [7, 11) is 0. The van der Waals surface area contributed by atoms with E-state index >= 15 is 0 Å². The van der Waals surface area contributed by atoms with Crippen molar-refractivity contribution in [3.05, 3.63) is 0 Å². The number of nitrogens with zero attached hydrogens (tertiary/aromatic N) is 1. The predicted molar refractivity (Wildman–Crippen MR) is 67.2 cm³/mol. The average molecular weight is 212 g/mol. The van der Waals surface area contributed by atoms with Gasteiger partial charge in [0.25, 0.3) is 0 Å². The molecule has 0 saturated carbocycles. The molecule has 0 amide bonds. The van der Waals surface area contributed by atoms with Crippen molar-refractivity contribution in [1.29, 1.82) is 0 Å². The van der Waals surface area contributed by atoms with Crippen LogP contribution in [0.4, 0.5) is 0 Å². The summed E-state index contributed by atoms with van der Waals surface area (Å²) in [5, 5.41) is 3.70. The molecule has 0 aromatic heterocycles. The molecule has 1 saturated heterocycles. The first kappa shape index (κ1) is 13.0. The van der Waals surface area contributed by atoms with Crippen LogP contribution in [0, 0.1) is 5.92 Å². The van der Waals surface area contributed by atoms with Crippen molar-refractivity contribution in [1.82, 2.24) is 10.2 Å². The Morgan fingerprint density at radius 3 is 2.20 bits per heavy atom. The molecule has 2 heteroatoms. The average Bonchev–Trinajstić information content (AvgIpc) is 2.29. The van der Waals surface area contributed by atoms with Crippen LogP contribution in [-0.4, -0.2) is 36.1 Å². The topological polar surface area (TPSA) is 15.3 Å². The predicted octanol–water partition coefficient (Wildman–Crippen LogP) is 2.49. The van der Waals surface area contributed by atoms with Crippen LogP contribution in [0.25, 0.3) is 0 Å². The highest BCUT2D eigenvalue weighted by Crippen LogP contribution is 2.19. The molecule has 0 bridgehead atoms. The highest BCUT2D eigenvalue weighted by Gasteiger charge is 2.24. The Balaban J connectivity index is 2.47. The lowest BCUT2D eigenvalue weighted by molar-refractivity contribution is 0.227. The summed E-state index contributed by atoms with van der Waals surface area (Å²) in [4.78, 5) is 2.61. The molecule has 1 N–H and O–H groups in total. The molecule has 0 aliphatic carbocycles. The van der Waals surface area contributed by atoms with Crippen LogP contribution in [-0.2, 0) is 0 Å². The van der Waals surface area contributed by atoms with Gasteiger partial charge in [0.05, 0.1) is 0 Å². The SMILES string of the molecule is CC(C)NC1CCN(C(C)C)CC[C@H]1C. The van der Waals surface area contributed by atoms with E-state index in [2.05, 4.69) is 44.8 Å². The second kappa shape index (κ2) is 5.86. The number of rotatable bonds is 3. The molecule has 0 aromatic carbocycles. The lowest BCUT2D eigenvalue weighted by Crippen LogP contribution is -2.39. The van der Waals surface area contributed by atoms with Crippen LogP contribution in [0.5, 0.6) is 0 Å². The van der Waals surface area contributed by atoms with Gasteiger partial charge in [0.15, 0.2) is 0 Å². The molecule has 1 rings (SSSR count). The maximum Gasteiger partial charge on any atom is 0.0108 e. The molecule has 2 nitrogen and oxygen atoms in total. The standard InChI is InChI=1S/C13H28N2/c1-10(2)14-13-7-9-15(11(3)4)8-6-12(13)5/h10-14H,6-9H2,1-5H3/t12-,13?/m1/s1. The monoisotopic (exact) mass is 212 g/mol. The van der Waals surface area contributed by atoms with Gasteiger partial charge in [-0.05, 0) is 45.7 Å². The second-order valence-electron chi connectivity index (χ2n) is 5.61. The molecule has 0 spiro atoms. The molecular weight excluding hydrogens is 184 g/mol. The highest BCUT2D eigenvalue weighted by molar-refractivity contribution is 4.82. The lowest BCUT2D eigenvalue weighted by Gasteiger charge is -2.25. The van der Waals surface area contributed by atoms with Gasteiger partial charge in [-0.15, -0.1) is 0 Å². The van der Waals surface area contributed by atoms with E-state index in [4.69, 9.17) is 0 Å². The molecule has 1 fully saturated rings. The second-order valence-corrected chi connectivity index (χ2v) is 5.61. The maximum atomic E-state index is 3.70. The van der Waals surface area contributed by atoms with Gasteiger partial charge in [-0.1, -0.05) is 20.8 Å². The minimum absolute atomic E-state index is 0.614. The summed E-state index contributed by atoms with van der Waals surface area (Å²) in [6.45, 7) is 14.0. The van der Waals surface area contributed by atoms with E-state index in [-0.39, 0.29) is 0 Å². The third-order valence-corrected chi connectivity index (χ3v) is 3.56. The Labute approximate surface area is 95.4 Å². The first-order valence-electron chi connectivity index (χ1n) is 6.50. The number of nitrogens with one attached hydrogen (secondary N) is 1. The fraction of sp³-hybridized carbons (Fsp3) is 1.00. The Morgan fingerprint density at radius 2 is 1.67 bits per heavy atom. The molecule has 15 heavy (non-hydrogen) atoms. The molecule has 90 valence electrons. The number of hydrogen-bond acceptors (Lipinski definition) is 2. The Hall–Kier alpha value is -0.0800. The zero-order valence-electron chi connectivity index (χ0n) is 11.1. The molecule has 1 aliphatic rings. The number of hydrogen-bond donors (Lipinski definition) is 1. The summed E-state index contributed by atoms with van der Waals surface area (Å²) >= 11 is 0. The van der Waals surface area contributed by atoms with Crippen molar-refractivity contribution in [3.63, 3.8) is 0 Å². The lowest BCUT2D eigenvalue weighted by atomic mass is 9.96. The maximum absolute atomic E-state index is 3.70. The van der Waals surface area contributed by atoms with Crippen molar-refractivity contribution in [3.8, 4) is 0 Å². The van der Waals surface area contributed by atoms with Crippen molar-refractivity contribution in [2.45, 2.75) is 65.6 Å². The minimum Gasteiger partial charge on any atom is -0.311 e. The quantitative estimate of drug-likeness (QED) is 0.773. The summed E-state index contributed by atoms with van der Waals surface area (Å²) in [5.41, 5.74) is 0. The molecule has 1 heterocycles. The third-order valence-electron chi connectivity index (χ3n) is 3.56. The van der Waals surface area contributed by atoms with Gasteiger partial charge in [0.1, 0.15) is 0 Å². The van der Waals surface area contributed by atoms with Gasteiger partial charge in [-0.2, -0.15) is 0 Å². The smallest absolute Gasteiger partial charge is 0.0108 e. The summed E-state index contributed by atoms with van der Waals surface area (Å²) in [5.74, 6) is 0.816. The highest BCUT2D eigenvalue weighted by atomic mass is 15.2. The first-order valence-corrected chi connectivity index (χ1v) is 6.50. The molecule has 1 aliphatic heterocycles. The van der Waals surface area contributed by atoms with Gasteiger partial charge in [0.2, 0.25) is 0 Å². The molecule has 1 unspecified atom stereocenters. The van der Waals surface area contributed by atoms with Crippen molar-refractivity contribution >= 4 is 0 Å². The van der Waals surface area contributed by atoms with Gasteiger partial charge in [-0.3, -0.25) is 0 Å². The van der Waals surface area contributed by atoms with Crippen LogP contribution in [0.3, 0.4) is 0 Å². The van der Waals surface area contributed by atoms with Crippen LogP contribution in [0.15, 0.2) is 0 Å². The van der Waals surface area contributed by atoms with Crippen LogP contribution >= 0.6 is 0 Å². The zero-order chi connectivity index (χ0) is 11.4. The fourth-order valence-electron chi connectivity index (χ4n) is 2.46. The Kier molecular flexibility index (Phi) is 5.07. The van der Waals surface area contributed by atoms with Crippen molar-refractivity contribution < 1.29 is 0 Å². The van der Waals surface area contributed by atoms with Crippen molar-refractivity contribution in [2.24, 2.45) is 5.92 Å². The van der Waals surface area contributed by atoms with Gasteiger partial charge < -0.3 is 10.2 Å². The fourth-order valence-corrected chi connectivity index (χ4v) is 2.46. The number of likely N-dealkylation sites (tertiary alicyclic amines) is 1. The Morgan fingerprint density at radius 1 is 1.07 bits per heavy atom. The van der Waals surface area contributed by atoms with Crippen LogP contribution < -0.4 is 5.32 Å². The van der Waals surface area contributed by atoms with Gasteiger partial charge in [0, 0.05) is 18.1 Å². The molecule has 2 atom stereocenters. The van der Waals surface area contributed by atoms with E-state index in [1.165, 1.54) is 25.9 Å². The van der Waals surface area contributed by atoms with E-state index in [9.17, 15) is 0 Å². The zero-order valence-corrected chi connectivity index (χ0v) is 11.1. The van der Waals surface area contributed by atoms with Crippen LogP contribution in [0.1, 0.15) is 47.5 Å². The Bertz CT molecular complexity index is 177. The molecular formula is C13H28N2. The van der Waals surface area contributed by atoms with Crippen LogP contribution in [0.2, 0.25) is 0 Å². The minimum atomic E-state index is 0.614.